The molecule has 0 bridgehead atoms. The number of benzene rings is 2. The van der Waals surface area contributed by atoms with Crippen LogP contribution in [0.25, 0.3) is 11.1 Å². The molecule has 2 aromatic carbocycles. The lowest BCUT2D eigenvalue weighted by Gasteiger charge is -2.14. The average molecular weight is 374 g/mol. The average Bonchev–Trinajstić information content (AvgIpc) is 2.68. The van der Waals surface area contributed by atoms with Gasteiger partial charge in [-0.05, 0) is 61.2 Å². The molecule has 0 fully saturated rings. The Kier molecular flexibility index (Phi) is 5.51. The number of methoxy groups -OCH3 is 1. The Morgan fingerprint density at radius 1 is 1.07 bits per heavy atom. The molecule has 1 heterocycles. The van der Waals surface area contributed by atoms with Crippen LogP contribution in [0.4, 0.5) is 0 Å². The molecule has 0 unspecified atom stereocenters. The molecule has 0 aliphatic carbocycles. The van der Waals surface area contributed by atoms with Gasteiger partial charge in [0, 0.05) is 11.3 Å². The molecule has 1 N–H and O–H groups in total. The molecule has 5 nitrogen and oxygen atoms in total. The second-order valence-electron chi connectivity index (χ2n) is 6.70. The maximum absolute atomic E-state index is 12.1. The number of H-pyrrole nitrogens is 1. The van der Waals surface area contributed by atoms with Gasteiger partial charge in [0.2, 0.25) is 0 Å². The monoisotopic (exact) mass is 374 g/mol. The Morgan fingerprint density at radius 2 is 1.86 bits per heavy atom. The zero-order valence-electron chi connectivity index (χ0n) is 16.4. The zero-order valence-corrected chi connectivity index (χ0v) is 16.4. The fourth-order valence-corrected chi connectivity index (χ4v) is 3.11. The number of nitrogens with one attached hydrogen (secondary N) is 1. The van der Waals surface area contributed by atoms with Gasteiger partial charge in [-0.1, -0.05) is 24.3 Å². The van der Waals surface area contributed by atoms with Crippen molar-refractivity contribution in [3.05, 3.63) is 80.8 Å². The summed E-state index contributed by atoms with van der Waals surface area (Å²) in [5.41, 5.74) is 5.21. The highest BCUT2D eigenvalue weighted by molar-refractivity contribution is 5.72. The van der Waals surface area contributed by atoms with Crippen LogP contribution in [0, 0.1) is 32.1 Å². The van der Waals surface area contributed by atoms with Gasteiger partial charge in [-0.3, -0.25) is 4.79 Å². The molecule has 0 aliphatic heterocycles. The quantitative estimate of drug-likeness (QED) is 0.717. The second kappa shape index (κ2) is 8.01. The molecule has 28 heavy (non-hydrogen) atoms. The van der Waals surface area contributed by atoms with Crippen molar-refractivity contribution in [3.63, 3.8) is 0 Å². The lowest BCUT2D eigenvalue weighted by Crippen LogP contribution is -2.12. The number of ether oxygens (including phenoxy) is 2. The third-order valence-electron chi connectivity index (χ3n) is 4.85. The van der Waals surface area contributed by atoms with Gasteiger partial charge in [-0.15, -0.1) is 0 Å². The number of pyridine rings is 1. The van der Waals surface area contributed by atoms with Crippen LogP contribution >= 0.6 is 0 Å². The first-order chi connectivity index (χ1) is 13.4. The number of aryl methyl sites for hydroxylation is 2. The van der Waals surface area contributed by atoms with Crippen LogP contribution in [-0.4, -0.2) is 12.1 Å². The van der Waals surface area contributed by atoms with Gasteiger partial charge in [-0.25, -0.2) is 0 Å². The minimum absolute atomic E-state index is 0.0803. The summed E-state index contributed by atoms with van der Waals surface area (Å²) in [7, 11) is 1.57. The van der Waals surface area contributed by atoms with E-state index in [0.717, 1.165) is 11.1 Å². The number of aromatic amines is 1. The molecule has 5 heteroatoms. The fraction of sp³-hybridized carbons (Fsp3) is 0.217. The third kappa shape index (κ3) is 3.77. The molecular formula is C23H22N2O3. The van der Waals surface area contributed by atoms with E-state index in [1.165, 1.54) is 11.1 Å². The van der Waals surface area contributed by atoms with Crippen LogP contribution < -0.4 is 15.0 Å². The summed E-state index contributed by atoms with van der Waals surface area (Å²) in [6, 6.07) is 15.3. The number of nitriles is 1. The molecule has 0 radical (unpaired) electrons. The number of hydrogen-bond acceptors (Lipinski definition) is 4. The van der Waals surface area contributed by atoms with E-state index in [1.54, 1.807) is 32.2 Å². The van der Waals surface area contributed by atoms with Crippen LogP contribution in [0.3, 0.4) is 0 Å². The third-order valence-corrected chi connectivity index (χ3v) is 4.85. The van der Waals surface area contributed by atoms with Crippen LogP contribution in [0.2, 0.25) is 0 Å². The molecule has 142 valence electrons. The maximum Gasteiger partial charge on any atom is 0.266 e. The SMILES string of the molecule is COc1cc(-c2cc(C)[nH]c(=O)c2C#N)ccc1OCc1cccc(C)c1C. The van der Waals surface area contributed by atoms with Crippen molar-refractivity contribution >= 4 is 0 Å². The minimum atomic E-state index is -0.397. The van der Waals surface area contributed by atoms with Crippen molar-refractivity contribution in [1.29, 1.82) is 5.26 Å². The van der Waals surface area contributed by atoms with E-state index in [-0.39, 0.29) is 5.56 Å². The van der Waals surface area contributed by atoms with Crippen molar-refractivity contribution in [2.75, 3.05) is 7.11 Å². The van der Waals surface area contributed by atoms with E-state index in [1.807, 2.05) is 24.3 Å². The van der Waals surface area contributed by atoms with E-state index in [2.05, 4.69) is 24.9 Å². The Bertz CT molecular complexity index is 1120. The second-order valence-corrected chi connectivity index (χ2v) is 6.70. The molecule has 0 spiro atoms. The molecule has 3 aromatic rings. The fourth-order valence-electron chi connectivity index (χ4n) is 3.11. The van der Waals surface area contributed by atoms with E-state index in [0.29, 0.717) is 29.4 Å². The Labute approximate surface area is 164 Å². The standard InChI is InChI=1S/C23H22N2O3/c1-14-6-5-7-18(16(14)3)13-28-21-9-8-17(11-22(21)27-4)19-10-15(2)25-23(26)20(19)12-24/h5-11H,13H2,1-4H3,(H,25,26). The van der Waals surface area contributed by atoms with Gasteiger partial charge in [0.1, 0.15) is 18.2 Å². The van der Waals surface area contributed by atoms with Gasteiger partial charge in [0.05, 0.1) is 7.11 Å². The lowest BCUT2D eigenvalue weighted by atomic mass is 10.0. The molecule has 0 atom stereocenters. The summed E-state index contributed by atoms with van der Waals surface area (Å²) in [6.45, 7) is 6.36. The largest absolute Gasteiger partial charge is 0.493 e. The molecular weight excluding hydrogens is 352 g/mol. The van der Waals surface area contributed by atoms with Crippen molar-refractivity contribution in [2.24, 2.45) is 0 Å². The summed E-state index contributed by atoms with van der Waals surface area (Å²) >= 11 is 0. The van der Waals surface area contributed by atoms with Crippen molar-refractivity contribution in [3.8, 4) is 28.7 Å². The Balaban J connectivity index is 1.95. The lowest BCUT2D eigenvalue weighted by molar-refractivity contribution is 0.284. The summed E-state index contributed by atoms with van der Waals surface area (Å²) < 4.78 is 11.5. The van der Waals surface area contributed by atoms with E-state index in [4.69, 9.17) is 9.47 Å². The summed E-state index contributed by atoms with van der Waals surface area (Å²) in [5, 5.41) is 9.37. The van der Waals surface area contributed by atoms with Gasteiger partial charge < -0.3 is 14.5 Å². The molecule has 1 aromatic heterocycles. The van der Waals surface area contributed by atoms with Gasteiger partial charge in [-0.2, -0.15) is 5.26 Å². The Hall–Kier alpha value is -3.52. The van der Waals surface area contributed by atoms with Crippen molar-refractivity contribution < 1.29 is 9.47 Å². The number of nitrogens with zero attached hydrogens (tertiary/aromatic N) is 1. The van der Waals surface area contributed by atoms with Crippen LogP contribution in [-0.2, 0) is 6.61 Å². The molecule has 0 saturated heterocycles. The van der Waals surface area contributed by atoms with Crippen LogP contribution in [0.5, 0.6) is 11.5 Å². The summed E-state index contributed by atoms with van der Waals surface area (Å²) in [5.74, 6) is 1.15. The van der Waals surface area contributed by atoms with Gasteiger partial charge in [0.15, 0.2) is 11.5 Å². The van der Waals surface area contributed by atoms with Crippen molar-refractivity contribution in [1.82, 2.24) is 4.98 Å². The molecule has 0 amide bonds. The highest BCUT2D eigenvalue weighted by Crippen LogP contribution is 2.34. The summed E-state index contributed by atoms with van der Waals surface area (Å²) in [4.78, 5) is 14.7. The van der Waals surface area contributed by atoms with Crippen molar-refractivity contribution in [2.45, 2.75) is 27.4 Å². The smallest absolute Gasteiger partial charge is 0.266 e. The van der Waals surface area contributed by atoms with E-state index < -0.39 is 5.56 Å². The van der Waals surface area contributed by atoms with Gasteiger partial charge in [0.25, 0.3) is 5.56 Å². The van der Waals surface area contributed by atoms with Crippen LogP contribution in [0.15, 0.2) is 47.3 Å². The normalized spacial score (nSPS) is 10.4. The number of rotatable bonds is 5. The van der Waals surface area contributed by atoms with E-state index >= 15 is 0 Å². The topological polar surface area (TPSA) is 75.1 Å². The molecule has 0 aliphatic rings. The number of aromatic nitrogens is 1. The number of hydrogen-bond donors (Lipinski definition) is 1. The molecule has 0 saturated carbocycles. The summed E-state index contributed by atoms with van der Waals surface area (Å²) in [6.07, 6.45) is 0. The molecule has 3 rings (SSSR count). The highest BCUT2D eigenvalue weighted by atomic mass is 16.5. The predicted molar refractivity (Wildman–Crippen MR) is 109 cm³/mol. The van der Waals surface area contributed by atoms with Gasteiger partial charge >= 0.3 is 0 Å². The highest BCUT2D eigenvalue weighted by Gasteiger charge is 2.14. The maximum atomic E-state index is 12.1. The zero-order chi connectivity index (χ0) is 20.3. The first-order valence-corrected chi connectivity index (χ1v) is 8.95. The van der Waals surface area contributed by atoms with Crippen LogP contribution in [0.1, 0.15) is 27.9 Å². The first kappa shape index (κ1) is 19.2. The predicted octanol–water partition coefficient (Wildman–Crippen LogP) is 4.43. The minimum Gasteiger partial charge on any atom is -0.493 e. The first-order valence-electron chi connectivity index (χ1n) is 8.95. The Morgan fingerprint density at radius 3 is 2.57 bits per heavy atom. The van der Waals surface area contributed by atoms with E-state index in [9.17, 15) is 10.1 Å².